The second kappa shape index (κ2) is 4.65. The van der Waals surface area contributed by atoms with Gasteiger partial charge in [-0.2, -0.15) is 0 Å². The van der Waals surface area contributed by atoms with Crippen molar-refractivity contribution in [1.29, 1.82) is 0 Å². The number of hydrogen-bond donors (Lipinski definition) is 2. The molecular formula is C11H14O3. The van der Waals surface area contributed by atoms with Gasteiger partial charge in [-0.1, -0.05) is 12.1 Å². The highest BCUT2D eigenvalue weighted by Crippen LogP contribution is 2.20. The lowest BCUT2D eigenvalue weighted by atomic mass is 10.1. The molecule has 0 bridgehead atoms. The van der Waals surface area contributed by atoms with Crippen LogP contribution in [-0.4, -0.2) is 16.2 Å². The van der Waals surface area contributed by atoms with E-state index in [0.717, 1.165) is 11.1 Å². The van der Waals surface area contributed by atoms with E-state index in [4.69, 9.17) is 5.11 Å². The molecule has 0 atom stereocenters. The molecule has 0 radical (unpaired) electrons. The fraction of sp³-hybridized carbons (Fsp3) is 0.364. The van der Waals surface area contributed by atoms with Crippen molar-refractivity contribution in [1.82, 2.24) is 0 Å². The Balaban J connectivity index is 2.55. The zero-order valence-corrected chi connectivity index (χ0v) is 8.16. The number of carboxylic acid groups (broad SMARTS) is 1. The normalized spacial score (nSPS) is 10.1. The van der Waals surface area contributed by atoms with Crippen molar-refractivity contribution in [2.24, 2.45) is 0 Å². The van der Waals surface area contributed by atoms with Gasteiger partial charge in [0.2, 0.25) is 0 Å². The first-order valence-electron chi connectivity index (χ1n) is 4.60. The van der Waals surface area contributed by atoms with Crippen molar-refractivity contribution in [2.75, 3.05) is 0 Å². The standard InChI is InChI=1S/C11H14O3/c1-8-5-6-9(10(12)7-8)3-2-4-11(13)14/h5-7,12H,2-4H2,1H3,(H,13,14). The van der Waals surface area contributed by atoms with Crippen molar-refractivity contribution < 1.29 is 15.0 Å². The van der Waals surface area contributed by atoms with Crippen LogP contribution in [0.3, 0.4) is 0 Å². The fourth-order valence-electron chi connectivity index (χ4n) is 1.32. The van der Waals surface area contributed by atoms with Gasteiger partial charge < -0.3 is 10.2 Å². The van der Waals surface area contributed by atoms with E-state index < -0.39 is 5.97 Å². The Morgan fingerprint density at radius 3 is 2.71 bits per heavy atom. The molecule has 1 aromatic rings. The van der Waals surface area contributed by atoms with E-state index in [1.807, 2.05) is 19.1 Å². The lowest BCUT2D eigenvalue weighted by molar-refractivity contribution is -0.137. The third kappa shape index (κ3) is 3.09. The molecule has 14 heavy (non-hydrogen) atoms. The second-order valence-electron chi connectivity index (χ2n) is 3.38. The van der Waals surface area contributed by atoms with E-state index in [2.05, 4.69) is 0 Å². The van der Waals surface area contributed by atoms with Crippen LogP contribution in [0.5, 0.6) is 5.75 Å². The van der Waals surface area contributed by atoms with Gasteiger partial charge in [-0.15, -0.1) is 0 Å². The van der Waals surface area contributed by atoms with Gasteiger partial charge in [-0.3, -0.25) is 4.79 Å². The highest BCUT2D eigenvalue weighted by Gasteiger charge is 2.02. The predicted octanol–water partition coefficient (Wildman–Crippen LogP) is 2.11. The van der Waals surface area contributed by atoms with E-state index in [0.29, 0.717) is 12.8 Å². The highest BCUT2D eigenvalue weighted by atomic mass is 16.4. The van der Waals surface area contributed by atoms with E-state index >= 15 is 0 Å². The molecule has 0 spiro atoms. The molecular weight excluding hydrogens is 180 g/mol. The molecule has 3 heteroatoms. The average Bonchev–Trinajstić information content (AvgIpc) is 2.08. The second-order valence-corrected chi connectivity index (χ2v) is 3.38. The van der Waals surface area contributed by atoms with Crippen molar-refractivity contribution >= 4 is 5.97 Å². The third-order valence-electron chi connectivity index (χ3n) is 2.08. The summed E-state index contributed by atoms with van der Waals surface area (Å²) >= 11 is 0. The van der Waals surface area contributed by atoms with Crippen molar-refractivity contribution in [3.63, 3.8) is 0 Å². The van der Waals surface area contributed by atoms with Crippen LogP contribution < -0.4 is 0 Å². The smallest absolute Gasteiger partial charge is 0.303 e. The molecule has 0 saturated heterocycles. The minimum Gasteiger partial charge on any atom is -0.508 e. The number of carboxylic acids is 1. The number of carbonyl (C=O) groups is 1. The largest absolute Gasteiger partial charge is 0.508 e. The predicted molar refractivity (Wildman–Crippen MR) is 53.4 cm³/mol. The Bertz CT molecular complexity index is 331. The summed E-state index contributed by atoms with van der Waals surface area (Å²) < 4.78 is 0. The van der Waals surface area contributed by atoms with E-state index in [9.17, 15) is 9.90 Å². The molecule has 0 heterocycles. The van der Waals surface area contributed by atoms with Gasteiger partial charge in [0.1, 0.15) is 5.75 Å². The lowest BCUT2D eigenvalue weighted by Gasteiger charge is -2.04. The molecule has 0 fully saturated rings. The number of aliphatic carboxylic acids is 1. The Morgan fingerprint density at radius 2 is 2.14 bits per heavy atom. The number of aromatic hydroxyl groups is 1. The third-order valence-corrected chi connectivity index (χ3v) is 2.08. The Morgan fingerprint density at radius 1 is 1.43 bits per heavy atom. The molecule has 3 nitrogen and oxygen atoms in total. The topological polar surface area (TPSA) is 57.5 Å². The molecule has 0 amide bonds. The summed E-state index contributed by atoms with van der Waals surface area (Å²) in [7, 11) is 0. The van der Waals surface area contributed by atoms with Crippen LogP contribution in [0.25, 0.3) is 0 Å². The van der Waals surface area contributed by atoms with Crippen LogP contribution in [0.1, 0.15) is 24.0 Å². The quantitative estimate of drug-likeness (QED) is 0.771. The number of aryl methyl sites for hydroxylation is 2. The Hall–Kier alpha value is -1.51. The van der Waals surface area contributed by atoms with Crippen molar-refractivity contribution in [2.45, 2.75) is 26.2 Å². The van der Waals surface area contributed by atoms with Crippen LogP contribution in [-0.2, 0) is 11.2 Å². The molecule has 0 aromatic heterocycles. The van der Waals surface area contributed by atoms with Crippen LogP contribution >= 0.6 is 0 Å². The zero-order chi connectivity index (χ0) is 10.6. The molecule has 0 aliphatic carbocycles. The number of phenolic OH excluding ortho intramolecular Hbond substituents is 1. The fourth-order valence-corrected chi connectivity index (χ4v) is 1.32. The first-order chi connectivity index (χ1) is 6.59. The number of rotatable bonds is 4. The number of benzene rings is 1. The number of phenols is 1. The highest BCUT2D eigenvalue weighted by molar-refractivity contribution is 5.66. The molecule has 1 rings (SSSR count). The average molecular weight is 194 g/mol. The van der Waals surface area contributed by atoms with Crippen molar-refractivity contribution in [3.05, 3.63) is 29.3 Å². The van der Waals surface area contributed by atoms with Gasteiger partial charge in [-0.05, 0) is 37.0 Å². The van der Waals surface area contributed by atoms with Gasteiger partial charge in [0.15, 0.2) is 0 Å². The summed E-state index contributed by atoms with van der Waals surface area (Å²) in [5.41, 5.74) is 1.82. The summed E-state index contributed by atoms with van der Waals surface area (Å²) in [5, 5.41) is 18.0. The molecule has 76 valence electrons. The maximum Gasteiger partial charge on any atom is 0.303 e. The molecule has 0 unspecified atom stereocenters. The summed E-state index contributed by atoms with van der Waals surface area (Å²) in [6, 6.07) is 5.44. The summed E-state index contributed by atoms with van der Waals surface area (Å²) in [6.45, 7) is 1.90. The minimum atomic E-state index is -0.795. The SMILES string of the molecule is Cc1ccc(CCCC(=O)O)c(O)c1. The molecule has 1 aromatic carbocycles. The monoisotopic (exact) mass is 194 g/mol. The van der Waals surface area contributed by atoms with Crippen molar-refractivity contribution in [3.8, 4) is 5.75 Å². The maximum absolute atomic E-state index is 10.3. The van der Waals surface area contributed by atoms with E-state index in [1.165, 1.54) is 0 Å². The zero-order valence-electron chi connectivity index (χ0n) is 8.16. The van der Waals surface area contributed by atoms with Gasteiger partial charge in [0.05, 0.1) is 0 Å². The molecule has 2 N–H and O–H groups in total. The van der Waals surface area contributed by atoms with Gasteiger partial charge in [-0.25, -0.2) is 0 Å². The van der Waals surface area contributed by atoms with E-state index in [1.54, 1.807) is 6.07 Å². The summed E-state index contributed by atoms with van der Waals surface area (Å²) in [6.07, 6.45) is 1.32. The van der Waals surface area contributed by atoms with Crippen LogP contribution in [0.4, 0.5) is 0 Å². The van der Waals surface area contributed by atoms with Crippen LogP contribution in [0, 0.1) is 6.92 Å². The summed E-state index contributed by atoms with van der Waals surface area (Å²) in [4.78, 5) is 10.3. The summed E-state index contributed by atoms with van der Waals surface area (Å²) in [5.74, 6) is -0.535. The first-order valence-corrected chi connectivity index (χ1v) is 4.60. The molecule has 0 aliphatic rings. The minimum absolute atomic E-state index is 0.146. The Labute approximate surface area is 83.0 Å². The lowest BCUT2D eigenvalue weighted by Crippen LogP contribution is -1.96. The van der Waals surface area contributed by atoms with Crippen LogP contribution in [0.2, 0.25) is 0 Å². The first kappa shape index (κ1) is 10.6. The van der Waals surface area contributed by atoms with Gasteiger partial charge >= 0.3 is 5.97 Å². The number of hydrogen-bond acceptors (Lipinski definition) is 2. The Kier molecular flexibility index (Phi) is 3.51. The van der Waals surface area contributed by atoms with Gasteiger partial charge in [0, 0.05) is 6.42 Å². The molecule has 0 aliphatic heterocycles. The van der Waals surface area contributed by atoms with Crippen LogP contribution in [0.15, 0.2) is 18.2 Å². The van der Waals surface area contributed by atoms with Gasteiger partial charge in [0.25, 0.3) is 0 Å². The maximum atomic E-state index is 10.3. The molecule has 0 saturated carbocycles. The van der Waals surface area contributed by atoms with E-state index in [-0.39, 0.29) is 12.2 Å².